The first-order valence-electron chi connectivity index (χ1n) is 4.33. The molecule has 0 aromatic rings. The average molecular weight is 157 g/mol. The van der Waals surface area contributed by atoms with Crippen LogP contribution >= 0.6 is 0 Å². The number of hydrogen-bond acceptors (Lipinski definition) is 2. The lowest BCUT2D eigenvalue weighted by atomic mass is 10.2. The van der Waals surface area contributed by atoms with E-state index in [0.717, 1.165) is 0 Å². The SMILES string of the molecule is [2H]C(C=CCO)=CCC(O)CC. The molecule has 0 amide bonds. The van der Waals surface area contributed by atoms with Crippen LogP contribution in [0.5, 0.6) is 0 Å². The summed E-state index contributed by atoms with van der Waals surface area (Å²) in [5.41, 5.74) is 0. The third-order valence-corrected chi connectivity index (χ3v) is 1.30. The van der Waals surface area contributed by atoms with Crippen molar-refractivity contribution in [3.63, 3.8) is 0 Å². The first kappa shape index (κ1) is 8.50. The predicted octanol–water partition coefficient (Wildman–Crippen LogP) is 1.25. The van der Waals surface area contributed by atoms with E-state index in [1.165, 1.54) is 12.2 Å². The monoisotopic (exact) mass is 157 g/mol. The van der Waals surface area contributed by atoms with E-state index in [9.17, 15) is 0 Å². The molecule has 1 atom stereocenters. The Morgan fingerprint density at radius 1 is 1.55 bits per heavy atom. The van der Waals surface area contributed by atoms with E-state index < -0.39 is 0 Å². The molecule has 0 saturated carbocycles. The Kier molecular flexibility index (Phi) is 5.80. The van der Waals surface area contributed by atoms with Crippen molar-refractivity contribution < 1.29 is 11.6 Å². The van der Waals surface area contributed by atoms with Crippen molar-refractivity contribution in [1.29, 1.82) is 0 Å². The van der Waals surface area contributed by atoms with Gasteiger partial charge in [0.05, 0.1) is 14.1 Å². The summed E-state index contributed by atoms with van der Waals surface area (Å²) in [6.07, 6.45) is 5.51. The van der Waals surface area contributed by atoms with Crippen molar-refractivity contribution in [2.45, 2.75) is 25.9 Å². The molecular formula is C9H16O2. The average Bonchev–Trinajstić information content (AvgIpc) is 2.10. The van der Waals surface area contributed by atoms with Crippen LogP contribution in [0, 0.1) is 0 Å². The van der Waals surface area contributed by atoms with Gasteiger partial charge in [-0.25, -0.2) is 0 Å². The van der Waals surface area contributed by atoms with Gasteiger partial charge in [0.2, 0.25) is 0 Å². The molecule has 2 nitrogen and oxygen atoms in total. The van der Waals surface area contributed by atoms with E-state index >= 15 is 0 Å². The second kappa shape index (κ2) is 7.51. The Morgan fingerprint density at radius 2 is 2.27 bits per heavy atom. The van der Waals surface area contributed by atoms with Gasteiger partial charge in [0, 0.05) is 0 Å². The van der Waals surface area contributed by atoms with Gasteiger partial charge in [-0.1, -0.05) is 31.2 Å². The van der Waals surface area contributed by atoms with Crippen LogP contribution in [-0.4, -0.2) is 22.9 Å². The van der Waals surface area contributed by atoms with Gasteiger partial charge in [0.25, 0.3) is 0 Å². The Hall–Kier alpha value is -0.600. The van der Waals surface area contributed by atoms with Crippen molar-refractivity contribution >= 4 is 0 Å². The molecule has 0 spiro atoms. The summed E-state index contributed by atoms with van der Waals surface area (Å²) in [6, 6.07) is 0.330. The number of aliphatic hydroxyl groups excluding tert-OH is 2. The lowest BCUT2D eigenvalue weighted by molar-refractivity contribution is 0.174. The van der Waals surface area contributed by atoms with Gasteiger partial charge < -0.3 is 10.2 Å². The zero-order valence-electron chi connectivity index (χ0n) is 7.83. The molecule has 0 radical (unpaired) electrons. The first-order valence-corrected chi connectivity index (χ1v) is 3.83. The smallest absolute Gasteiger partial charge is 0.0619 e. The highest BCUT2D eigenvalue weighted by Crippen LogP contribution is 1.97. The molecule has 0 aliphatic rings. The molecule has 0 bridgehead atoms. The molecule has 0 aliphatic heterocycles. The molecule has 0 aromatic heterocycles. The Bertz CT molecular complexity index is 164. The molecule has 64 valence electrons. The topological polar surface area (TPSA) is 40.5 Å². The summed E-state index contributed by atoms with van der Waals surface area (Å²) in [7, 11) is 0. The third-order valence-electron chi connectivity index (χ3n) is 1.30. The summed E-state index contributed by atoms with van der Waals surface area (Å²) in [6.45, 7) is 1.85. The van der Waals surface area contributed by atoms with Crippen molar-refractivity contribution in [1.82, 2.24) is 0 Å². The predicted molar refractivity (Wildman–Crippen MR) is 46.3 cm³/mol. The fraction of sp³-hybridized carbons (Fsp3) is 0.556. The van der Waals surface area contributed by atoms with Gasteiger partial charge in [0.15, 0.2) is 0 Å². The molecule has 11 heavy (non-hydrogen) atoms. The van der Waals surface area contributed by atoms with Crippen molar-refractivity contribution in [2.75, 3.05) is 6.61 Å². The molecular weight excluding hydrogens is 140 g/mol. The van der Waals surface area contributed by atoms with Crippen molar-refractivity contribution in [2.24, 2.45) is 0 Å². The molecule has 0 heterocycles. The highest BCUT2D eigenvalue weighted by Gasteiger charge is 1.93. The third kappa shape index (κ3) is 7.30. The van der Waals surface area contributed by atoms with Gasteiger partial charge in [-0.15, -0.1) is 0 Å². The fourth-order valence-electron chi connectivity index (χ4n) is 0.560. The van der Waals surface area contributed by atoms with E-state index in [4.69, 9.17) is 11.6 Å². The van der Waals surface area contributed by atoms with Gasteiger partial charge in [0.1, 0.15) is 0 Å². The highest BCUT2D eigenvalue weighted by molar-refractivity contribution is 5.02. The van der Waals surface area contributed by atoms with Crippen LogP contribution in [0.15, 0.2) is 24.3 Å². The first-order chi connectivity index (χ1) is 5.70. The Balaban J connectivity index is 3.75. The van der Waals surface area contributed by atoms with Gasteiger partial charge in [-0.05, 0) is 12.8 Å². The summed E-state index contributed by atoms with van der Waals surface area (Å²) in [5, 5.41) is 17.5. The minimum atomic E-state index is -0.354. The summed E-state index contributed by atoms with van der Waals surface area (Å²) in [5.74, 6) is 0. The van der Waals surface area contributed by atoms with E-state index in [2.05, 4.69) is 0 Å². The molecule has 2 heteroatoms. The zero-order valence-corrected chi connectivity index (χ0v) is 6.83. The van der Waals surface area contributed by atoms with Gasteiger partial charge in [-0.3, -0.25) is 0 Å². The van der Waals surface area contributed by atoms with Gasteiger partial charge in [-0.2, -0.15) is 0 Å². The minimum absolute atomic E-state index is 0.0491. The lowest BCUT2D eigenvalue weighted by Crippen LogP contribution is -2.00. The molecule has 0 saturated heterocycles. The molecule has 0 aromatic carbocycles. The van der Waals surface area contributed by atoms with Crippen molar-refractivity contribution in [3.05, 3.63) is 24.3 Å². The van der Waals surface area contributed by atoms with E-state index in [0.29, 0.717) is 18.9 Å². The summed E-state index contributed by atoms with van der Waals surface area (Å²) >= 11 is 0. The molecule has 0 aliphatic carbocycles. The van der Waals surface area contributed by atoms with Crippen LogP contribution in [0.1, 0.15) is 21.1 Å². The van der Waals surface area contributed by atoms with Crippen LogP contribution in [0.4, 0.5) is 0 Å². The molecule has 0 rings (SSSR count). The van der Waals surface area contributed by atoms with Gasteiger partial charge >= 0.3 is 0 Å². The van der Waals surface area contributed by atoms with Crippen LogP contribution in [0.2, 0.25) is 0 Å². The number of aliphatic hydroxyl groups is 2. The van der Waals surface area contributed by atoms with E-state index in [-0.39, 0.29) is 12.7 Å². The summed E-state index contributed by atoms with van der Waals surface area (Å²) in [4.78, 5) is 0. The normalized spacial score (nSPS) is 17.0. The van der Waals surface area contributed by atoms with Crippen LogP contribution in [0.25, 0.3) is 0 Å². The van der Waals surface area contributed by atoms with E-state index in [1.807, 2.05) is 6.92 Å². The van der Waals surface area contributed by atoms with Crippen LogP contribution in [0.3, 0.4) is 0 Å². The maximum Gasteiger partial charge on any atom is 0.0619 e. The fourth-order valence-corrected chi connectivity index (χ4v) is 0.560. The molecule has 2 N–H and O–H groups in total. The number of hydrogen-bond donors (Lipinski definition) is 2. The number of rotatable bonds is 5. The van der Waals surface area contributed by atoms with Crippen molar-refractivity contribution in [3.8, 4) is 0 Å². The molecule has 1 unspecified atom stereocenters. The van der Waals surface area contributed by atoms with Crippen LogP contribution in [-0.2, 0) is 0 Å². The largest absolute Gasteiger partial charge is 0.393 e. The quantitative estimate of drug-likeness (QED) is 0.590. The maximum atomic E-state index is 9.13. The van der Waals surface area contributed by atoms with Crippen LogP contribution < -0.4 is 0 Å². The second-order valence-corrected chi connectivity index (χ2v) is 2.25. The summed E-state index contributed by atoms with van der Waals surface area (Å²) < 4.78 is 7.30. The Morgan fingerprint density at radius 3 is 2.82 bits per heavy atom. The Labute approximate surface area is 69.3 Å². The maximum absolute atomic E-state index is 9.13. The second-order valence-electron chi connectivity index (χ2n) is 2.25. The minimum Gasteiger partial charge on any atom is -0.393 e. The highest BCUT2D eigenvalue weighted by atomic mass is 16.3. The standard InChI is InChI=1S/C9H16O2/c1-2-9(11)7-5-3-4-6-8-10/h3-6,9-11H,2,7-8H2,1H3/i3D. The molecule has 0 fully saturated rings. The van der Waals surface area contributed by atoms with E-state index in [1.54, 1.807) is 6.08 Å². The zero-order chi connectivity index (χ0) is 9.40. The lowest BCUT2D eigenvalue weighted by Gasteiger charge is -2.00. The number of allylic oxidation sites excluding steroid dienone is 2.